The number of nitrogens with one attached hydrogen (secondary N) is 1. The SMILES string of the molecule is CSC1(CNc2ccnc3cc(C(F)(F)F)ccc23)CCOCC1. The summed E-state index contributed by atoms with van der Waals surface area (Å²) in [6.07, 6.45) is 1.20. The van der Waals surface area contributed by atoms with E-state index >= 15 is 0 Å². The largest absolute Gasteiger partial charge is 0.416 e. The molecule has 0 spiro atoms. The number of aromatic nitrogens is 1. The summed E-state index contributed by atoms with van der Waals surface area (Å²) in [5, 5.41) is 4.11. The van der Waals surface area contributed by atoms with Gasteiger partial charge in [-0.25, -0.2) is 0 Å². The molecular formula is C17H19F3N2OS. The molecule has 2 heterocycles. The molecular weight excluding hydrogens is 337 g/mol. The van der Waals surface area contributed by atoms with Crippen LogP contribution >= 0.6 is 11.8 Å². The Hall–Kier alpha value is -1.47. The number of hydrogen-bond acceptors (Lipinski definition) is 4. The van der Waals surface area contributed by atoms with Crippen molar-refractivity contribution in [1.29, 1.82) is 0 Å². The Morgan fingerprint density at radius 1 is 1.25 bits per heavy atom. The lowest BCUT2D eigenvalue weighted by molar-refractivity contribution is -0.137. The highest BCUT2D eigenvalue weighted by atomic mass is 32.2. The number of anilines is 1. The zero-order valence-electron chi connectivity index (χ0n) is 13.3. The van der Waals surface area contributed by atoms with Crippen LogP contribution in [0.1, 0.15) is 18.4 Å². The first kappa shape index (κ1) is 17.4. The molecule has 0 bridgehead atoms. The van der Waals surface area contributed by atoms with Crippen LogP contribution < -0.4 is 5.32 Å². The molecule has 1 aromatic heterocycles. The standard InChI is InChI=1S/C17H19F3N2OS/c1-24-16(5-8-23-9-6-16)11-22-14-4-7-21-15-10-12(17(18,19)20)2-3-13(14)15/h2-4,7,10H,5-6,8-9,11H2,1H3,(H,21,22). The molecule has 3 rings (SSSR count). The second-order valence-electron chi connectivity index (χ2n) is 5.94. The van der Waals surface area contributed by atoms with Crippen molar-refractivity contribution in [2.45, 2.75) is 23.8 Å². The summed E-state index contributed by atoms with van der Waals surface area (Å²) >= 11 is 1.82. The molecule has 7 heteroatoms. The molecule has 1 saturated heterocycles. The normalized spacial score (nSPS) is 17.8. The molecule has 0 aliphatic carbocycles. The van der Waals surface area contributed by atoms with Crippen molar-refractivity contribution < 1.29 is 17.9 Å². The van der Waals surface area contributed by atoms with Crippen molar-refractivity contribution in [3.63, 3.8) is 0 Å². The third-order valence-corrected chi connectivity index (χ3v) is 5.93. The van der Waals surface area contributed by atoms with Gasteiger partial charge in [-0.05, 0) is 37.3 Å². The smallest absolute Gasteiger partial charge is 0.383 e. The molecule has 2 aromatic rings. The predicted molar refractivity (Wildman–Crippen MR) is 91.5 cm³/mol. The summed E-state index contributed by atoms with van der Waals surface area (Å²) in [5.74, 6) is 0. The highest BCUT2D eigenvalue weighted by Gasteiger charge is 2.32. The summed E-state index contributed by atoms with van der Waals surface area (Å²) in [6.45, 7) is 2.24. The topological polar surface area (TPSA) is 34.2 Å². The van der Waals surface area contributed by atoms with Crippen LogP contribution in [0.5, 0.6) is 0 Å². The Kier molecular flexibility index (Phi) is 4.92. The van der Waals surface area contributed by atoms with E-state index in [2.05, 4.69) is 16.6 Å². The van der Waals surface area contributed by atoms with Gasteiger partial charge in [0.2, 0.25) is 0 Å². The highest BCUT2D eigenvalue weighted by molar-refractivity contribution is 8.00. The average Bonchev–Trinajstić information content (AvgIpc) is 2.59. The summed E-state index contributed by atoms with van der Waals surface area (Å²) < 4.78 is 44.1. The van der Waals surface area contributed by atoms with Crippen LogP contribution in [0, 0.1) is 0 Å². The third-order valence-electron chi connectivity index (χ3n) is 4.51. The summed E-state index contributed by atoms with van der Waals surface area (Å²) in [5.41, 5.74) is 0.485. The van der Waals surface area contributed by atoms with Gasteiger partial charge < -0.3 is 10.1 Å². The van der Waals surface area contributed by atoms with Crippen molar-refractivity contribution in [2.75, 3.05) is 31.3 Å². The molecule has 0 saturated carbocycles. The molecule has 1 aliphatic rings. The van der Waals surface area contributed by atoms with Crippen LogP contribution in [0.15, 0.2) is 30.5 Å². The van der Waals surface area contributed by atoms with E-state index in [1.165, 1.54) is 6.07 Å². The number of halogens is 3. The Morgan fingerprint density at radius 3 is 2.67 bits per heavy atom. The monoisotopic (exact) mass is 356 g/mol. The first-order chi connectivity index (χ1) is 11.4. The van der Waals surface area contributed by atoms with Gasteiger partial charge in [-0.1, -0.05) is 6.07 Å². The van der Waals surface area contributed by atoms with Crippen LogP contribution in [0.3, 0.4) is 0 Å². The van der Waals surface area contributed by atoms with Gasteiger partial charge in [-0.3, -0.25) is 4.98 Å². The van der Waals surface area contributed by atoms with Gasteiger partial charge in [0.25, 0.3) is 0 Å². The van der Waals surface area contributed by atoms with Crippen LogP contribution in [0.4, 0.5) is 18.9 Å². The number of alkyl halides is 3. The number of pyridine rings is 1. The second kappa shape index (κ2) is 6.80. The van der Waals surface area contributed by atoms with E-state index in [0.717, 1.165) is 50.4 Å². The maximum absolute atomic E-state index is 12.8. The van der Waals surface area contributed by atoms with Crippen molar-refractivity contribution in [3.05, 3.63) is 36.0 Å². The lowest BCUT2D eigenvalue weighted by atomic mass is 9.98. The fourth-order valence-electron chi connectivity index (χ4n) is 2.93. The number of fused-ring (bicyclic) bond motifs is 1. The Labute approximate surface area is 143 Å². The molecule has 0 radical (unpaired) electrons. The fraction of sp³-hybridized carbons (Fsp3) is 0.471. The number of hydrogen-bond donors (Lipinski definition) is 1. The summed E-state index contributed by atoms with van der Waals surface area (Å²) in [6, 6.07) is 5.50. The number of ether oxygens (including phenoxy) is 1. The minimum Gasteiger partial charge on any atom is -0.383 e. The van der Waals surface area contributed by atoms with Gasteiger partial charge in [-0.2, -0.15) is 24.9 Å². The maximum Gasteiger partial charge on any atom is 0.416 e. The van der Waals surface area contributed by atoms with E-state index in [9.17, 15) is 13.2 Å². The van der Waals surface area contributed by atoms with Crippen LogP contribution in [-0.2, 0) is 10.9 Å². The van der Waals surface area contributed by atoms with Crippen molar-refractivity contribution >= 4 is 28.4 Å². The number of thioether (sulfide) groups is 1. The van der Waals surface area contributed by atoms with Gasteiger partial charge in [0.1, 0.15) is 0 Å². The van der Waals surface area contributed by atoms with E-state index in [1.54, 1.807) is 6.20 Å². The molecule has 130 valence electrons. The number of rotatable bonds is 4. The molecule has 1 fully saturated rings. The molecule has 3 nitrogen and oxygen atoms in total. The quantitative estimate of drug-likeness (QED) is 0.870. The van der Waals surface area contributed by atoms with Crippen LogP contribution in [0.25, 0.3) is 10.9 Å². The van der Waals surface area contributed by atoms with Gasteiger partial charge in [0.15, 0.2) is 0 Å². The van der Waals surface area contributed by atoms with Gasteiger partial charge in [0.05, 0.1) is 11.1 Å². The average molecular weight is 356 g/mol. The molecule has 24 heavy (non-hydrogen) atoms. The minimum absolute atomic E-state index is 0.0970. The van der Waals surface area contributed by atoms with Gasteiger partial charge >= 0.3 is 6.18 Å². The summed E-state index contributed by atoms with van der Waals surface area (Å²) in [7, 11) is 0. The van der Waals surface area contributed by atoms with Gasteiger partial charge in [0, 0.05) is 41.8 Å². The molecule has 0 atom stereocenters. The Morgan fingerprint density at radius 2 is 2.00 bits per heavy atom. The molecule has 0 unspecified atom stereocenters. The second-order valence-corrected chi connectivity index (χ2v) is 7.22. The lowest BCUT2D eigenvalue weighted by Gasteiger charge is -2.36. The molecule has 1 aromatic carbocycles. The zero-order valence-corrected chi connectivity index (χ0v) is 14.1. The number of benzene rings is 1. The highest BCUT2D eigenvalue weighted by Crippen LogP contribution is 2.36. The zero-order chi connectivity index (χ0) is 17.2. The van der Waals surface area contributed by atoms with Crippen LogP contribution in [-0.4, -0.2) is 35.7 Å². The van der Waals surface area contributed by atoms with E-state index in [-0.39, 0.29) is 4.75 Å². The van der Waals surface area contributed by atoms with Crippen molar-refractivity contribution in [3.8, 4) is 0 Å². The van der Waals surface area contributed by atoms with E-state index in [4.69, 9.17) is 4.74 Å². The summed E-state index contributed by atoms with van der Waals surface area (Å²) in [4.78, 5) is 4.08. The fourth-order valence-corrected chi connectivity index (χ4v) is 3.72. The third kappa shape index (κ3) is 3.62. The Balaban J connectivity index is 1.84. The van der Waals surface area contributed by atoms with Gasteiger partial charge in [-0.15, -0.1) is 0 Å². The van der Waals surface area contributed by atoms with Crippen LogP contribution in [0.2, 0.25) is 0 Å². The predicted octanol–water partition coefficient (Wildman–Crippen LogP) is 4.58. The lowest BCUT2D eigenvalue weighted by Crippen LogP contribution is -2.39. The van der Waals surface area contributed by atoms with E-state index < -0.39 is 11.7 Å². The number of nitrogens with zero attached hydrogens (tertiary/aromatic N) is 1. The molecule has 1 N–H and O–H groups in total. The van der Waals surface area contributed by atoms with Crippen molar-refractivity contribution in [2.24, 2.45) is 0 Å². The van der Waals surface area contributed by atoms with E-state index in [0.29, 0.717) is 10.9 Å². The maximum atomic E-state index is 12.8. The van der Waals surface area contributed by atoms with E-state index in [1.807, 2.05) is 17.8 Å². The molecule has 0 amide bonds. The first-order valence-electron chi connectivity index (χ1n) is 7.76. The minimum atomic E-state index is -4.36. The molecule has 1 aliphatic heterocycles. The van der Waals surface area contributed by atoms with Crippen molar-refractivity contribution in [1.82, 2.24) is 4.98 Å². The Bertz CT molecular complexity index is 715. The first-order valence-corrected chi connectivity index (χ1v) is 8.99.